The van der Waals surface area contributed by atoms with Crippen molar-refractivity contribution in [1.82, 2.24) is 15.2 Å². The summed E-state index contributed by atoms with van der Waals surface area (Å²) in [5, 5.41) is 4.84. The van der Waals surface area contributed by atoms with Crippen molar-refractivity contribution in [2.75, 3.05) is 33.2 Å². The molecule has 0 bridgehead atoms. The average molecular weight is 265 g/mol. The highest BCUT2D eigenvalue weighted by Crippen LogP contribution is 2.37. The van der Waals surface area contributed by atoms with Crippen LogP contribution in [-0.2, 0) is 0 Å². The number of piperidine rings is 1. The van der Waals surface area contributed by atoms with Crippen molar-refractivity contribution in [2.24, 2.45) is 0 Å². The number of nitrogens with one attached hydrogen (secondary N) is 1. The van der Waals surface area contributed by atoms with Gasteiger partial charge in [0.2, 0.25) is 0 Å². The summed E-state index contributed by atoms with van der Waals surface area (Å²) in [6, 6.07) is 0. The number of likely N-dealkylation sites (N-methyl/N-ethyl adjacent to an activating group) is 1. The Labute approximate surface area is 114 Å². The Morgan fingerprint density at radius 1 is 1.22 bits per heavy atom. The van der Waals surface area contributed by atoms with Crippen molar-refractivity contribution in [1.29, 1.82) is 0 Å². The average Bonchev–Trinajstić information content (AvgIpc) is 2.97. The van der Waals surface area contributed by atoms with Crippen molar-refractivity contribution in [3.05, 3.63) is 15.6 Å². The number of thiazole rings is 1. The van der Waals surface area contributed by atoms with E-state index in [0.29, 0.717) is 5.92 Å². The first-order chi connectivity index (χ1) is 8.74. The lowest BCUT2D eigenvalue weighted by atomic mass is 9.96. The number of hydrogen-bond donors (Lipinski definition) is 1. The molecule has 1 unspecified atom stereocenters. The van der Waals surface area contributed by atoms with Crippen molar-refractivity contribution < 1.29 is 0 Å². The molecule has 0 aliphatic carbocycles. The van der Waals surface area contributed by atoms with Crippen molar-refractivity contribution in [3.63, 3.8) is 0 Å². The molecule has 3 rings (SSSR count). The summed E-state index contributed by atoms with van der Waals surface area (Å²) in [6.07, 6.45) is 3.86. The van der Waals surface area contributed by atoms with E-state index in [1.54, 1.807) is 4.88 Å². The zero-order valence-electron chi connectivity index (χ0n) is 11.4. The summed E-state index contributed by atoms with van der Waals surface area (Å²) in [6.45, 7) is 6.97. The maximum atomic E-state index is 4.87. The molecule has 0 saturated carbocycles. The third-order valence-corrected chi connectivity index (χ3v) is 5.78. The maximum Gasteiger partial charge on any atom is 0.0975 e. The van der Waals surface area contributed by atoms with Gasteiger partial charge in [-0.2, -0.15) is 0 Å². The molecule has 2 fully saturated rings. The fourth-order valence-electron chi connectivity index (χ4n) is 3.20. The number of aromatic nitrogens is 1. The first-order valence-corrected chi connectivity index (χ1v) is 7.92. The van der Waals surface area contributed by atoms with Crippen LogP contribution in [-0.4, -0.2) is 43.1 Å². The summed E-state index contributed by atoms with van der Waals surface area (Å²) in [4.78, 5) is 8.87. The van der Waals surface area contributed by atoms with E-state index in [1.807, 2.05) is 11.3 Å². The molecule has 0 amide bonds. The van der Waals surface area contributed by atoms with E-state index in [4.69, 9.17) is 4.98 Å². The fourth-order valence-corrected chi connectivity index (χ4v) is 4.57. The normalized spacial score (nSPS) is 26.9. The van der Waals surface area contributed by atoms with Gasteiger partial charge in [-0.3, -0.25) is 0 Å². The Morgan fingerprint density at radius 2 is 2.00 bits per heavy atom. The van der Waals surface area contributed by atoms with E-state index in [0.717, 1.165) is 5.92 Å². The second kappa shape index (κ2) is 5.27. The van der Waals surface area contributed by atoms with Crippen LogP contribution < -0.4 is 5.32 Å². The minimum Gasteiger partial charge on any atom is -0.317 e. The Bertz CT molecular complexity index is 409. The highest BCUT2D eigenvalue weighted by molar-refractivity contribution is 7.12. The second-order valence-electron chi connectivity index (χ2n) is 5.77. The second-order valence-corrected chi connectivity index (χ2v) is 6.84. The molecule has 1 N–H and O–H groups in total. The van der Waals surface area contributed by atoms with Gasteiger partial charge >= 0.3 is 0 Å². The Kier molecular flexibility index (Phi) is 3.68. The molecule has 2 aliphatic heterocycles. The van der Waals surface area contributed by atoms with Gasteiger partial charge in [-0.05, 0) is 58.8 Å². The lowest BCUT2D eigenvalue weighted by Crippen LogP contribution is -2.26. The third-order valence-electron chi connectivity index (χ3n) is 4.30. The Balaban J connectivity index is 1.77. The minimum atomic E-state index is 0.689. The minimum absolute atomic E-state index is 0.689. The SMILES string of the molecule is Cc1nc(C2CCN(C)C2)sc1C1CCNCC1. The predicted molar refractivity (Wildman–Crippen MR) is 76.6 cm³/mol. The van der Waals surface area contributed by atoms with E-state index < -0.39 is 0 Å². The molecule has 0 aromatic carbocycles. The fraction of sp³-hybridized carbons (Fsp3) is 0.786. The number of likely N-dealkylation sites (tertiary alicyclic amines) is 1. The first kappa shape index (κ1) is 12.6. The van der Waals surface area contributed by atoms with Crippen LogP contribution in [0.4, 0.5) is 0 Å². The summed E-state index contributed by atoms with van der Waals surface area (Å²) >= 11 is 2.00. The summed E-state index contributed by atoms with van der Waals surface area (Å²) in [7, 11) is 2.22. The van der Waals surface area contributed by atoms with Crippen LogP contribution in [0.15, 0.2) is 0 Å². The van der Waals surface area contributed by atoms with Crippen LogP contribution in [0.2, 0.25) is 0 Å². The monoisotopic (exact) mass is 265 g/mol. The molecule has 1 aromatic heterocycles. The molecule has 18 heavy (non-hydrogen) atoms. The van der Waals surface area contributed by atoms with Gasteiger partial charge in [0.1, 0.15) is 0 Å². The molecule has 3 nitrogen and oxygen atoms in total. The standard InChI is InChI=1S/C14H23N3S/c1-10-13(11-3-6-15-7-4-11)18-14(16-10)12-5-8-17(2)9-12/h11-12,15H,3-9H2,1-2H3. The molecule has 0 radical (unpaired) electrons. The number of aryl methyl sites for hydroxylation is 1. The Morgan fingerprint density at radius 3 is 2.67 bits per heavy atom. The van der Waals surface area contributed by atoms with E-state index in [9.17, 15) is 0 Å². The van der Waals surface area contributed by atoms with Gasteiger partial charge in [-0.1, -0.05) is 0 Å². The van der Waals surface area contributed by atoms with Crippen molar-refractivity contribution in [3.8, 4) is 0 Å². The lowest BCUT2D eigenvalue weighted by Gasteiger charge is -2.21. The summed E-state index contributed by atoms with van der Waals surface area (Å²) in [5.74, 6) is 1.45. The van der Waals surface area contributed by atoms with Gasteiger partial charge in [0.05, 0.1) is 10.7 Å². The van der Waals surface area contributed by atoms with E-state index in [2.05, 4.69) is 24.2 Å². The lowest BCUT2D eigenvalue weighted by molar-refractivity contribution is 0.411. The zero-order valence-corrected chi connectivity index (χ0v) is 12.2. The number of rotatable bonds is 2. The van der Waals surface area contributed by atoms with Crippen molar-refractivity contribution >= 4 is 11.3 Å². The van der Waals surface area contributed by atoms with E-state index in [1.165, 1.54) is 56.1 Å². The molecular formula is C14H23N3S. The molecule has 3 heterocycles. The molecule has 2 saturated heterocycles. The number of nitrogens with zero attached hydrogens (tertiary/aromatic N) is 2. The highest BCUT2D eigenvalue weighted by Gasteiger charge is 2.27. The van der Waals surface area contributed by atoms with Gasteiger partial charge < -0.3 is 10.2 Å². The van der Waals surface area contributed by atoms with E-state index >= 15 is 0 Å². The first-order valence-electron chi connectivity index (χ1n) is 7.10. The molecule has 100 valence electrons. The smallest absolute Gasteiger partial charge is 0.0975 e. The van der Waals surface area contributed by atoms with E-state index in [-0.39, 0.29) is 0 Å². The topological polar surface area (TPSA) is 28.2 Å². The van der Waals surface area contributed by atoms with Crippen LogP contribution in [0, 0.1) is 6.92 Å². The van der Waals surface area contributed by atoms with Gasteiger partial charge in [-0.15, -0.1) is 11.3 Å². The molecule has 1 atom stereocenters. The largest absolute Gasteiger partial charge is 0.317 e. The van der Waals surface area contributed by atoms with Crippen molar-refractivity contribution in [2.45, 2.75) is 38.0 Å². The van der Waals surface area contributed by atoms with Crippen LogP contribution in [0.25, 0.3) is 0 Å². The van der Waals surface area contributed by atoms with Crippen LogP contribution in [0.1, 0.15) is 46.7 Å². The van der Waals surface area contributed by atoms with Crippen LogP contribution in [0.3, 0.4) is 0 Å². The quantitative estimate of drug-likeness (QED) is 0.889. The maximum absolute atomic E-state index is 4.87. The molecule has 1 aromatic rings. The third kappa shape index (κ3) is 2.46. The number of hydrogen-bond acceptors (Lipinski definition) is 4. The summed E-state index contributed by atoms with van der Waals surface area (Å²) in [5.41, 5.74) is 1.30. The van der Waals surface area contributed by atoms with Gasteiger partial charge in [0, 0.05) is 17.3 Å². The molecule has 4 heteroatoms. The molecule has 0 spiro atoms. The zero-order chi connectivity index (χ0) is 12.5. The van der Waals surface area contributed by atoms with Gasteiger partial charge in [-0.25, -0.2) is 4.98 Å². The van der Waals surface area contributed by atoms with Crippen LogP contribution in [0.5, 0.6) is 0 Å². The highest BCUT2D eigenvalue weighted by atomic mass is 32.1. The molecule has 2 aliphatic rings. The van der Waals surface area contributed by atoms with Gasteiger partial charge in [0.15, 0.2) is 0 Å². The predicted octanol–water partition coefficient (Wildman–Crippen LogP) is 2.34. The molecular weight excluding hydrogens is 242 g/mol. The van der Waals surface area contributed by atoms with Crippen LogP contribution >= 0.6 is 11.3 Å². The summed E-state index contributed by atoms with van der Waals surface area (Å²) < 4.78 is 0. The Hall–Kier alpha value is -0.450. The van der Waals surface area contributed by atoms with Gasteiger partial charge in [0.25, 0.3) is 0 Å².